The van der Waals surface area contributed by atoms with Gasteiger partial charge in [0.15, 0.2) is 0 Å². The van der Waals surface area contributed by atoms with Crippen LogP contribution in [0.15, 0.2) is 188 Å². The molecule has 15 rings (SSSR count). The van der Waals surface area contributed by atoms with Crippen LogP contribution in [-0.2, 0) is 0 Å². The van der Waals surface area contributed by atoms with Gasteiger partial charge < -0.3 is 9.47 Å². The second-order valence-electron chi connectivity index (χ2n) is 16.7. The molecule has 0 saturated heterocycles. The summed E-state index contributed by atoms with van der Waals surface area (Å²) in [6.07, 6.45) is 0. The number of aromatic nitrogens is 1. The smallest absolute Gasteiger partial charge is 0.264 e. The average molecular weight is 775 g/mol. The monoisotopic (exact) mass is 774 g/mol. The zero-order valence-electron chi connectivity index (χ0n) is 32.3. The van der Waals surface area contributed by atoms with E-state index in [-0.39, 0.29) is 6.71 Å². The third-order valence-electron chi connectivity index (χ3n) is 13.9. The van der Waals surface area contributed by atoms with Gasteiger partial charge in [-0.2, -0.15) is 0 Å². The largest absolute Gasteiger partial charge is 0.310 e. The Balaban J connectivity index is 1.12. The highest BCUT2D eigenvalue weighted by Crippen LogP contribution is 2.49. The predicted molar refractivity (Wildman–Crippen MR) is 261 cm³/mol. The minimum absolute atomic E-state index is 0.0547. The lowest BCUT2D eigenvalue weighted by atomic mass is 9.36. The minimum Gasteiger partial charge on any atom is -0.310 e. The van der Waals surface area contributed by atoms with Crippen LogP contribution < -0.4 is 20.6 Å². The Morgan fingerprint density at radius 3 is 1.62 bits per heavy atom. The van der Waals surface area contributed by atoms with E-state index in [0.717, 1.165) is 0 Å². The summed E-state index contributed by atoms with van der Waals surface area (Å²) in [6.45, 7) is 0.0547. The normalized spacial score (nSPS) is 13.3. The van der Waals surface area contributed by atoms with Crippen molar-refractivity contribution in [3.8, 4) is 5.69 Å². The molecule has 4 heterocycles. The summed E-state index contributed by atoms with van der Waals surface area (Å²) >= 11 is 1.97. The fourth-order valence-corrected chi connectivity index (χ4v) is 12.9. The van der Waals surface area contributed by atoms with Crippen molar-refractivity contribution in [1.82, 2.24) is 4.57 Å². The van der Waals surface area contributed by atoms with Gasteiger partial charge >= 0.3 is 0 Å². The summed E-state index contributed by atoms with van der Waals surface area (Å²) < 4.78 is 5.33. The maximum absolute atomic E-state index is 2.61. The number of para-hydroxylation sites is 1. The van der Waals surface area contributed by atoms with Crippen molar-refractivity contribution in [2.45, 2.75) is 0 Å². The summed E-state index contributed by atoms with van der Waals surface area (Å²) in [7, 11) is 0. The van der Waals surface area contributed by atoms with Crippen molar-refractivity contribution in [1.29, 1.82) is 0 Å². The number of thiophene rings is 1. The van der Waals surface area contributed by atoms with Crippen molar-refractivity contribution in [3.63, 3.8) is 0 Å². The van der Waals surface area contributed by atoms with E-state index in [9.17, 15) is 0 Å². The van der Waals surface area contributed by atoms with Gasteiger partial charge in [-0.25, -0.2) is 0 Å². The van der Waals surface area contributed by atoms with Gasteiger partial charge in [-0.1, -0.05) is 152 Å². The van der Waals surface area contributed by atoms with Crippen molar-refractivity contribution < 1.29 is 0 Å². The van der Waals surface area contributed by atoms with E-state index in [4.69, 9.17) is 0 Å². The third-order valence-corrected chi connectivity index (χ3v) is 15.1. The highest BCUT2D eigenvalue weighted by Gasteiger charge is 2.44. The Labute approximate surface area is 348 Å². The van der Waals surface area contributed by atoms with Gasteiger partial charge in [0.05, 0.1) is 16.7 Å². The first-order valence-corrected chi connectivity index (χ1v) is 21.7. The number of rotatable bonds is 1. The first-order valence-electron chi connectivity index (χ1n) is 20.9. The summed E-state index contributed by atoms with van der Waals surface area (Å²) in [4.78, 5) is 2.60. The van der Waals surface area contributed by atoms with E-state index in [1.807, 2.05) is 11.3 Å². The third kappa shape index (κ3) is 3.78. The summed E-state index contributed by atoms with van der Waals surface area (Å²) in [6, 6.07) is 70.9. The van der Waals surface area contributed by atoms with Crippen LogP contribution in [0.4, 0.5) is 17.1 Å². The number of anilines is 3. The number of hydrogen-bond acceptors (Lipinski definition) is 2. The van der Waals surface area contributed by atoms with Crippen molar-refractivity contribution in [2.75, 3.05) is 4.90 Å². The van der Waals surface area contributed by atoms with E-state index >= 15 is 0 Å². The standard InChI is InChI=1S/C56H31BN2S/c1-2-16-35-33(14-1)34-15-3-5-19-38(34)44-30-32(28-29-40(35)44)58-48-25-13-26-49-53(48)57(56-54(58)43-23-10-12-27-50(43)60-56)46-31-45-39-20-6-4-17-36(39)37-18-7-8-21-41(37)51(45)52-42-22-9-11-24-47(42)59(49)55(46)52/h1-31H. The molecule has 0 aliphatic carbocycles. The van der Waals surface area contributed by atoms with Crippen LogP contribution in [0.2, 0.25) is 0 Å². The Morgan fingerprint density at radius 2 is 0.917 bits per heavy atom. The molecule has 60 heavy (non-hydrogen) atoms. The van der Waals surface area contributed by atoms with E-state index in [0.29, 0.717) is 0 Å². The van der Waals surface area contributed by atoms with Crippen LogP contribution in [0.5, 0.6) is 0 Å². The molecule has 0 fully saturated rings. The average Bonchev–Trinajstić information content (AvgIpc) is 3.87. The molecule has 4 heteroatoms. The van der Waals surface area contributed by atoms with Crippen molar-refractivity contribution in [3.05, 3.63) is 188 Å². The molecule has 0 radical (unpaired) electrons. The molecular weight excluding hydrogens is 744 g/mol. The molecule has 2 aromatic heterocycles. The topological polar surface area (TPSA) is 8.17 Å². The van der Waals surface area contributed by atoms with Crippen LogP contribution in [0.1, 0.15) is 0 Å². The zero-order chi connectivity index (χ0) is 38.8. The van der Waals surface area contributed by atoms with Gasteiger partial charge in [-0.15, -0.1) is 11.3 Å². The van der Waals surface area contributed by atoms with Gasteiger partial charge in [-0.05, 0) is 107 Å². The summed E-state index contributed by atoms with van der Waals surface area (Å²) in [5.41, 5.74) is 10.4. The van der Waals surface area contributed by atoms with Gasteiger partial charge in [0.1, 0.15) is 0 Å². The molecule has 0 unspecified atom stereocenters. The SMILES string of the molecule is c1cc2c3c(c1)-n1c4ccccc4c4c5c6ccccc6c6ccccc6c5cc(c41)B3c1sc3ccccc3c1N2c1ccc2c3ccccc3c3ccccc3c2c1. The van der Waals surface area contributed by atoms with E-state index in [1.165, 1.54) is 135 Å². The molecule has 274 valence electrons. The lowest BCUT2D eigenvalue weighted by Gasteiger charge is -2.39. The predicted octanol–water partition coefficient (Wildman–Crippen LogP) is 13.5. The number of benzene rings is 11. The van der Waals surface area contributed by atoms with Crippen LogP contribution in [0.25, 0.3) is 102 Å². The molecular formula is C56H31BN2S. The molecule has 0 atom stereocenters. The molecule has 11 aromatic carbocycles. The highest BCUT2D eigenvalue weighted by atomic mass is 32.1. The number of hydrogen-bond donors (Lipinski definition) is 0. The van der Waals surface area contributed by atoms with E-state index < -0.39 is 0 Å². The zero-order valence-corrected chi connectivity index (χ0v) is 33.1. The lowest BCUT2D eigenvalue weighted by Crippen LogP contribution is -2.59. The fraction of sp³-hybridized carbons (Fsp3) is 0. The quantitative estimate of drug-likeness (QED) is 0.119. The maximum atomic E-state index is 2.61. The van der Waals surface area contributed by atoms with Crippen LogP contribution in [0, 0.1) is 0 Å². The Bertz CT molecular complexity index is 4060. The molecule has 2 nitrogen and oxygen atoms in total. The second-order valence-corrected chi connectivity index (χ2v) is 17.7. The van der Waals surface area contributed by atoms with Gasteiger partial charge in [0.2, 0.25) is 0 Å². The maximum Gasteiger partial charge on any atom is 0.264 e. The first kappa shape index (κ1) is 31.6. The molecule has 0 bridgehead atoms. The molecule has 0 amide bonds. The Hall–Kier alpha value is -7.40. The molecule has 2 aliphatic rings. The van der Waals surface area contributed by atoms with Gasteiger partial charge in [0, 0.05) is 48.1 Å². The van der Waals surface area contributed by atoms with Gasteiger partial charge in [0.25, 0.3) is 6.71 Å². The molecule has 0 saturated carbocycles. The van der Waals surface area contributed by atoms with Crippen LogP contribution in [-0.4, -0.2) is 11.3 Å². The van der Waals surface area contributed by atoms with Crippen LogP contribution in [0.3, 0.4) is 0 Å². The van der Waals surface area contributed by atoms with Crippen molar-refractivity contribution in [2.24, 2.45) is 0 Å². The summed E-state index contributed by atoms with van der Waals surface area (Å²) in [5, 5.41) is 19.6. The highest BCUT2D eigenvalue weighted by molar-refractivity contribution is 7.33. The fourth-order valence-electron chi connectivity index (χ4n) is 11.6. The first-order chi connectivity index (χ1) is 29.8. The van der Waals surface area contributed by atoms with E-state index in [2.05, 4.69) is 198 Å². The molecule has 0 N–H and O–H groups in total. The number of nitrogens with zero attached hydrogens (tertiary/aromatic N) is 2. The van der Waals surface area contributed by atoms with Crippen LogP contribution >= 0.6 is 11.3 Å². The van der Waals surface area contributed by atoms with Gasteiger partial charge in [-0.3, -0.25) is 0 Å². The van der Waals surface area contributed by atoms with E-state index in [1.54, 1.807) is 0 Å². The minimum atomic E-state index is 0.0547. The lowest BCUT2D eigenvalue weighted by molar-refractivity contribution is 1.18. The molecule has 2 aliphatic heterocycles. The summed E-state index contributed by atoms with van der Waals surface area (Å²) in [5.74, 6) is 0. The Morgan fingerprint density at radius 1 is 0.383 bits per heavy atom. The molecule has 13 aromatic rings. The molecule has 0 spiro atoms. The van der Waals surface area contributed by atoms with Crippen molar-refractivity contribution >= 4 is 147 Å². The second kappa shape index (κ2) is 11.2. The number of fused-ring (bicyclic) bond motifs is 22. The Kier molecular flexibility index (Phi) is 5.90.